The van der Waals surface area contributed by atoms with Crippen LogP contribution in [0.1, 0.15) is 50.3 Å². The number of hydrogen-bond acceptors (Lipinski definition) is 1. The number of rotatable bonds is 5. The van der Waals surface area contributed by atoms with E-state index in [1.807, 2.05) is 26.1 Å². The van der Waals surface area contributed by atoms with Crippen LogP contribution in [0, 0.1) is 23.4 Å². The maximum atomic E-state index is 13.4. The summed E-state index contributed by atoms with van der Waals surface area (Å²) >= 11 is 0. The molecule has 138 valence electrons. The number of aromatic nitrogens is 1. The molecule has 5 heteroatoms. The lowest BCUT2D eigenvalue weighted by Gasteiger charge is -2.16. The molecule has 1 saturated carbocycles. The van der Waals surface area contributed by atoms with Gasteiger partial charge in [0.1, 0.15) is 5.82 Å². The van der Waals surface area contributed by atoms with Gasteiger partial charge in [-0.3, -0.25) is 0 Å². The predicted molar refractivity (Wildman–Crippen MR) is 99.4 cm³/mol. The first-order valence-electron chi connectivity index (χ1n) is 8.89. The molecule has 26 heavy (non-hydrogen) atoms. The fourth-order valence-corrected chi connectivity index (χ4v) is 3.87. The van der Waals surface area contributed by atoms with E-state index in [9.17, 15) is 13.2 Å². The number of halogens is 3. The number of benzene rings is 1. The van der Waals surface area contributed by atoms with Gasteiger partial charge in [0, 0.05) is 24.0 Å². The van der Waals surface area contributed by atoms with Crippen LogP contribution in [0.5, 0.6) is 0 Å². The zero-order valence-corrected chi connectivity index (χ0v) is 15.1. The predicted octanol–water partition coefficient (Wildman–Crippen LogP) is 6.24. The van der Waals surface area contributed by atoms with E-state index in [0.29, 0.717) is 23.9 Å². The van der Waals surface area contributed by atoms with Gasteiger partial charge < -0.3 is 4.57 Å². The molecule has 1 aromatic carbocycles. The third-order valence-corrected chi connectivity index (χ3v) is 5.07. The van der Waals surface area contributed by atoms with Crippen molar-refractivity contribution in [2.45, 2.75) is 45.6 Å². The molecule has 0 radical (unpaired) electrons. The molecule has 2 unspecified atom stereocenters. The summed E-state index contributed by atoms with van der Waals surface area (Å²) in [5.41, 5.74) is 2.51. The summed E-state index contributed by atoms with van der Waals surface area (Å²) < 4.78 is 42.2. The average molecular weight is 360 g/mol. The van der Waals surface area contributed by atoms with Crippen LogP contribution in [0.2, 0.25) is 0 Å². The van der Waals surface area contributed by atoms with E-state index in [1.54, 1.807) is 6.21 Å². The van der Waals surface area contributed by atoms with Gasteiger partial charge in [0.2, 0.25) is 0 Å². The highest BCUT2D eigenvalue weighted by Gasteiger charge is 2.28. The van der Waals surface area contributed by atoms with Crippen LogP contribution in [0.25, 0.3) is 5.57 Å². The summed E-state index contributed by atoms with van der Waals surface area (Å²) in [5.74, 6) is -2.43. The number of allylic oxidation sites excluding steroid dienone is 1. The van der Waals surface area contributed by atoms with Gasteiger partial charge in [-0.05, 0) is 74.8 Å². The highest BCUT2D eigenvalue weighted by molar-refractivity contribution is 5.73. The van der Waals surface area contributed by atoms with Crippen LogP contribution in [-0.2, 0) is 6.42 Å². The minimum Gasteiger partial charge on any atom is -0.329 e. The van der Waals surface area contributed by atoms with Crippen molar-refractivity contribution < 1.29 is 13.2 Å². The first-order valence-corrected chi connectivity index (χ1v) is 8.89. The van der Waals surface area contributed by atoms with Gasteiger partial charge in [-0.2, -0.15) is 0 Å². The summed E-state index contributed by atoms with van der Waals surface area (Å²) in [5, 5.41) is 0. The average Bonchev–Trinajstić information content (AvgIpc) is 3.19. The minimum absolute atomic E-state index is 0.293. The van der Waals surface area contributed by atoms with Crippen LogP contribution < -0.4 is 0 Å². The number of hydrogen-bond donors (Lipinski definition) is 0. The van der Waals surface area contributed by atoms with Gasteiger partial charge in [-0.1, -0.05) is 6.58 Å². The molecule has 0 bridgehead atoms. The van der Waals surface area contributed by atoms with E-state index in [1.165, 1.54) is 0 Å². The van der Waals surface area contributed by atoms with Gasteiger partial charge in [-0.25, -0.2) is 18.2 Å². The molecule has 0 aliphatic heterocycles. The molecule has 1 aromatic heterocycles. The van der Waals surface area contributed by atoms with Crippen LogP contribution in [0.3, 0.4) is 0 Å². The molecule has 0 spiro atoms. The van der Waals surface area contributed by atoms with Crippen molar-refractivity contribution in [3.05, 3.63) is 59.6 Å². The highest BCUT2D eigenvalue weighted by Crippen LogP contribution is 2.41. The summed E-state index contributed by atoms with van der Waals surface area (Å²) in [6.07, 6.45) is 7.20. The molecule has 2 nitrogen and oxygen atoms in total. The van der Waals surface area contributed by atoms with Gasteiger partial charge in [0.25, 0.3) is 0 Å². The fraction of sp³-hybridized carbons (Fsp3) is 0.381. The van der Waals surface area contributed by atoms with Crippen molar-refractivity contribution in [2.24, 2.45) is 10.9 Å². The van der Waals surface area contributed by atoms with Crippen LogP contribution in [0.15, 0.2) is 36.0 Å². The molecule has 1 fully saturated rings. The van der Waals surface area contributed by atoms with E-state index in [0.717, 1.165) is 48.3 Å². The Hall–Kier alpha value is -2.30. The Morgan fingerprint density at radius 1 is 1.27 bits per heavy atom. The van der Waals surface area contributed by atoms with Gasteiger partial charge >= 0.3 is 0 Å². The SMILES string of the molecule is C=C(C)c1ccn(C2CCC(Cc3cc(F)c(F)c(F)c3)C2)c1N=CC. The second kappa shape index (κ2) is 7.52. The summed E-state index contributed by atoms with van der Waals surface area (Å²) in [6, 6.07) is 4.53. The third-order valence-electron chi connectivity index (χ3n) is 5.07. The first-order chi connectivity index (χ1) is 12.4. The summed E-state index contributed by atoms with van der Waals surface area (Å²) in [7, 11) is 0. The lowest BCUT2D eigenvalue weighted by molar-refractivity contribution is 0.440. The molecule has 0 saturated heterocycles. The maximum absolute atomic E-state index is 13.4. The van der Waals surface area contributed by atoms with E-state index >= 15 is 0 Å². The lowest BCUT2D eigenvalue weighted by Crippen LogP contribution is -2.06. The van der Waals surface area contributed by atoms with Crippen LogP contribution in [0.4, 0.5) is 19.0 Å². The monoisotopic (exact) mass is 360 g/mol. The molecule has 2 aromatic rings. The third kappa shape index (κ3) is 3.62. The van der Waals surface area contributed by atoms with Gasteiger partial charge in [0.15, 0.2) is 17.5 Å². The Kier molecular flexibility index (Phi) is 5.35. The largest absolute Gasteiger partial charge is 0.329 e. The van der Waals surface area contributed by atoms with Crippen molar-refractivity contribution in [2.75, 3.05) is 0 Å². The van der Waals surface area contributed by atoms with Crippen molar-refractivity contribution in [1.82, 2.24) is 4.57 Å². The Morgan fingerprint density at radius 2 is 1.96 bits per heavy atom. The zero-order chi connectivity index (χ0) is 18.8. The molecule has 1 aliphatic rings. The molecule has 0 amide bonds. The van der Waals surface area contributed by atoms with Gasteiger partial charge in [-0.15, -0.1) is 0 Å². The van der Waals surface area contributed by atoms with E-state index in [-0.39, 0.29) is 0 Å². The van der Waals surface area contributed by atoms with Crippen LogP contribution in [-0.4, -0.2) is 10.8 Å². The number of aliphatic imine (C=N–C) groups is 1. The smallest absolute Gasteiger partial charge is 0.194 e. The standard InChI is InChI=1S/C21H23F3N2/c1-4-25-21-17(13(2)3)7-8-26(21)16-6-5-14(10-16)9-15-11-18(22)20(24)19(23)12-15/h4,7-8,11-12,14,16H,2,5-6,9-10H2,1,3H3. The fourth-order valence-electron chi connectivity index (χ4n) is 3.87. The van der Waals surface area contributed by atoms with E-state index in [2.05, 4.69) is 16.1 Å². The Morgan fingerprint density at radius 3 is 2.58 bits per heavy atom. The first kappa shape index (κ1) is 18.5. The zero-order valence-electron chi connectivity index (χ0n) is 15.1. The number of nitrogens with zero attached hydrogens (tertiary/aromatic N) is 2. The van der Waals surface area contributed by atoms with Crippen LogP contribution >= 0.6 is 0 Å². The van der Waals surface area contributed by atoms with Gasteiger partial charge in [0.05, 0.1) is 0 Å². The molecule has 0 N–H and O–H groups in total. The quantitative estimate of drug-likeness (QED) is 0.443. The minimum atomic E-state index is -1.40. The lowest BCUT2D eigenvalue weighted by atomic mass is 9.97. The maximum Gasteiger partial charge on any atom is 0.194 e. The topological polar surface area (TPSA) is 17.3 Å². The molecule has 1 heterocycles. The van der Waals surface area contributed by atoms with Crippen molar-refractivity contribution in [3.63, 3.8) is 0 Å². The second-order valence-electron chi connectivity index (χ2n) is 7.04. The molecule has 2 atom stereocenters. The van der Waals surface area contributed by atoms with E-state index < -0.39 is 17.5 Å². The molecular weight excluding hydrogens is 337 g/mol. The van der Waals surface area contributed by atoms with Crippen molar-refractivity contribution >= 4 is 17.6 Å². The second-order valence-corrected chi connectivity index (χ2v) is 7.04. The molecular formula is C21H23F3N2. The Bertz CT molecular complexity index is 828. The highest BCUT2D eigenvalue weighted by atomic mass is 19.2. The summed E-state index contributed by atoms with van der Waals surface area (Å²) in [4.78, 5) is 4.51. The Balaban J connectivity index is 1.76. The Labute approximate surface area is 152 Å². The van der Waals surface area contributed by atoms with Crippen molar-refractivity contribution in [3.8, 4) is 0 Å². The van der Waals surface area contributed by atoms with E-state index in [4.69, 9.17) is 0 Å². The molecule has 1 aliphatic carbocycles. The molecule has 3 rings (SSSR count). The summed E-state index contributed by atoms with van der Waals surface area (Å²) in [6.45, 7) is 7.86. The van der Waals surface area contributed by atoms with Crippen molar-refractivity contribution in [1.29, 1.82) is 0 Å². The normalized spacial score (nSPS) is 20.2.